The average molecular weight is 359 g/mol. The lowest BCUT2D eigenvalue weighted by Gasteiger charge is -2.34. The summed E-state index contributed by atoms with van der Waals surface area (Å²) in [6.45, 7) is 3.77. The Morgan fingerprint density at radius 1 is 1.08 bits per heavy atom. The minimum Gasteiger partial charge on any atom is -0.336 e. The molecule has 3 rings (SSSR count). The van der Waals surface area contributed by atoms with Crippen LogP contribution in [-0.4, -0.2) is 61.5 Å². The van der Waals surface area contributed by atoms with Crippen LogP contribution in [0.25, 0.3) is 0 Å². The summed E-state index contributed by atoms with van der Waals surface area (Å²) in [7, 11) is -3.24. The summed E-state index contributed by atoms with van der Waals surface area (Å²) in [6.07, 6.45) is 4.78. The maximum absolute atomic E-state index is 12.6. The number of hydrogen-bond donors (Lipinski definition) is 0. The highest BCUT2D eigenvalue weighted by molar-refractivity contribution is 7.90. The van der Waals surface area contributed by atoms with E-state index in [4.69, 9.17) is 0 Å². The number of sulfone groups is 1. The van der Waals surface area contributed by atoms with E-state index in [2.05, 4.69) is 9.88 Å². The second-order valence-corrected chi connectivity index (χ2v) is 8.24. The van der Waals surface area contributed by atoms with E-state index in [1.807, 2.05) is 23.2 Å². The topological polar surface area (TPSA) is 70.6 Å². The first kappa shape index (κ1) is 17.6. The van der Waals surface area contributed by atoms with E-state index in [9.17, 15) is 13.2 Å². The molecular formula is C18H21N3O3S. The summed E-state index contributed by atoms with van der Waals surface area (Å²) >= 11 is 0. The maximum atomic E-state index is 12.6. The van der Waals surface area contributed by atoms with Gasteiger partial charge in [-0.1, -0.05) is 6.07 Å². The molecule has 1 aromatic heterocycles. The zero-order chi connectivity index (χ0) is 17.9. The molecule has 0 aliphatic carbocycles. The van der Waals surface area contributed by atoms with Gasteiger partial charge in [-0.3, -0.25) is 14.7 Å². The first-order valence-electron chi connectivity index (χ1n) is 8.14. The van der Waals surface area contributed by atoms with Crippen LogP contribution in [0, 0.1) is 0 Å². The highest BCUT2D eigenvalue weighted by Gasteiger charge is 2.22. The second-order valence-electron chi connectivity index (χ2n) is 6.23. The van der Waals surface area contributed by atoms with Crippen LogP contribution in [0.4, 0.5) is 0 Å². The molecule has 0 atom stereocenters. The van der Waals surface area contributed by atoms with E-state index >= 15 is 0 Å². The Morgan fingerprint density at radius 2 is 1.76 bits per heavy atom. The molecule has 0 radical (unpaired) electrons. The third-order valence-corrected chi connectivity index (χ3v) is 5.45. The number of carbonyl (C=O) groups is 1. The number of amides is 1. The van der Waals surface area contributed by atoms with E-state index in [1.54, 1.807) is 18.3 Å². The van der Waals surface area contributed by atoms with Crippen molar-refractivity contribution in [3.63, 3.8) is 0 Å². The molecule has 1 aliphatic rings. The SMILES string of the molecule is CS(=O)(=O)c1ccc(C(=O)N2CCN(Cc3cccnc3)CC2)cc1. The van der Waals surface area contributed by atoms with Gasteiger partial charge in [0.25, 0.3) is 5.91 Å². The summed E-state index contributed by atoms with van der Waals surface area (Å²) in [5, 5.41) is 0. The smallest absolute Gasteiger partial charge is 0.253 e. The largest absolute Gasteiger partial charge is 0.336 e. The molecule has 1 saturated heterocycles. The summed E-state index contributed by atoms with van der Waals surface area (Å²) in [5.74, 6) is -0.0546. The number of aromatic nitrogens is 1. The number of piperazine rings is 1. The lowest BCUT2D eigenvalue weighted by Crippen LogP contribution is -2.48. The van der Waals surface area contributed by atoms with Crippen molar-refractivity contribution in [2.24, 2.45) is 0 Å². The van der Waals surface area contributed by atoms with Crippen LogP contribution in [0.2, 0.25) is 0 Å². The minimum atomic E-state index is -3.24. The zero-order valence-electron chi connectivity index (χ0n) is 14.1. The highest BCUT2D eigenvalue weighted by atomic mass is 32.2. The maximum Gasteiger partial charge on any atom is 0.253 e. The molecule has 25 heavy (non-hydrogen) atoms. The lowest BCUT2D eigenvalue weighted by molar-refractivity contribution is 0.0628. The Hall–Kier alpha value is -2.25. The summed E-state index contributed by atoms with van der Waals surface area (Å²) in [6, 6.07) is 10.1. The zero-order valence-corrected chi connectivity index (χ0v) is 14.9. The standard InChI is InChI=1S/C18H21N3O3S/c1-25(23,24)17-6-4-16(5-7-17)18(22)21-11-9-20(10-12-21)14-15-3-2-8-19-13-15/h2-8,13H,9-12,14H2,1H3. The van der Waals surface area contributed by atoms with Crippen LogP contribution in [0.15, 0.2) is 53.7 Å². The average Bonchev–Trinajstić information content (AvgIpc) is 2.62. The molecule has 0 unspecified atom stereocenters. The van der Waals surface area contributed by atoms with Gasteiger partial charge in [-0.25, -0.2) is 8.42 Å². The molecule has 1 fully saturated rings. The predicted octanol–water partition coefficient (Wildman–Crippen LogP) is 1.44. The number of benzene rings is 1. The van der Waals surface area contributed by atoms with Gasteiger partial charge in [-0.05, 0) is 35.9 Å². The van der Waals surface area contributed by atoms with Crippen molar-refractivity contribution in [1.82, 2.24) is 14.8 Å². The molecule has 2 heterocycles. The first-order chi connectivity index (χ1) is 11.9. The van der Waals surface area contributed by atoms with E-state index < -0.39 is 9.84 Å². The van der Waals surface area contributed by atoms with Gasteiger partial charge in [-0.2, -0.15) is 0 Å². The van der Waals surface area contributed by atoms with Gasteiger partial charge in [0.2, 0.25) is 0 Å². The Balaban J connectivity index is 1.58. The number of pyridine rings is 1. The molecule has 0 spiro atoms. The fourth-order valence-electron chi connectivity index (χ4n) is 2.89. The van der Waals surface area contributed by atoms with Gasteiger partial charge < -0.3 is 4.90 Å². The summed E-state index contributed by atoms with van der Waals surface area (Å²) in [5.41, 5.74) is 1.69. The molecule has 7 heteroatoms. The molecule has 0 bridgehead atoms. The Labute approximate surface area is 148 Å². The third kappa shape index (κ3) is 4.43. The number of hydrogen-bond acceptors (Lipinski definition) is 5. The van der Waals surface area contributed by atoms with Gasteiger partial charge in [0, 0.05) is 56.9 Å². The van der Waals surface area contributed by atoms with Crippen LogP contribution in [0.3, 0.4) is 0 Å². The summed E-state index contributed by atoms with van der Waals surface area (Å²) < 4.78 is 23.0. The van der Waals surface area contributed by atoms with Crippen molar-refractivity contribution in [2.75, 3.05) is 32.4 Å². The fourth-order valence-corrected chi connectivity index (χ4v) is 3.52. The van der Waals surface area contributed by atoms with Gasteiger partial charge >= 0.3 is 0 Å². The quantitative estimate of drug-likeness (QED) is 0.826. The normalized spacial score (nSPS) is 16.0. The van der Waals surface area contributed by atoms with Crippen molar-refractivity contribution in [2.45, 2.75) is 11.4 Å². The van der Waals surface area contributed by atoms with Crippen molar-refractivity contribution >= 4 is 15.7 Å². The molecule has 1 aromatic carbocycles. The molecule has 6 nitrogen and oxygen atoms in total. The molecule has 132 valence electrons. The predicted molar refractivity (Wildman–Crippen MR) is 95.0 cm³/mol. The number of rotatable bonds is 4. The third-order valence-electron chi connectivity index (χ3n) is 4.32. The van der Waals surface area contributed by atoms with E-state index in [0.717, 1.165) is 25.9 Å². The molecule has 2 aromatic rings. The van der Waals surface area contributed by atoms with Crippen LogP contribution in [-0.2, 0) is 16.4 Å². The molecule has 1 amide bonds. The van der Waals surface area contributed by atoms with Gasteiger partial charge in [0.1, 0.15) is 0 Å². The van der Waals surface area contributed by atoms with Crippen LogP contribution in [0.1, 0.15) is 15.9 Å². The molecule has 1 aliphatic heterocycles. The van der Waals surface area contributed by atoms with Crippen molar-refractivity contribution in [1.29, 1.82) is 0 Å². The molecular weight excluding hydrogens is 338 g/mol. The molecule has 0 saturated carbocycles. The van der Waals surface area contributed by atoms with Crippen molar-refractivity contribution in [3.8, 4) is 0 Å². The van der Waals surface area contributed by atoms with Gasteiger partial charge in [0.15, 0.2) is 9.84 Å². The van der Waals surface area contributed by atoms with Gasteiger partial charge in [0.05, 0.1) is 4.90 Å². The highest BCUT2D eigenvalue weighted by Crippen LogP contribution is 2.14. The molecule has 0 N–H and O–H groups in total. The Bertz CT molecular complexity index is 828. The van der Waals surface area contributed by atoms with Crippen LogP contribution in [0.5, 0.6) is 0 Å². The monoisotopic (exact) mass is 359 g/mol. The van der Waals surface area contributed by atoms with Gasteiger partial charge in [-0.15, -0.1) is 0 Å². The van der Waals surface area contributed by atoms with E-state index in [0.29, 0.717) is 18.7 Å². The van der Waals surface area contributed by atoms with Crippen LogP contribution >= 0.6 is 0 Å². The first-order valence-corrected chi connectivity index (χ1v) is 10.0. The fraction of sp³-hybridized carbons (Fsp3) is 0.333. The lowest BCUT2D eigenvalue weighted by atomic mass is 10.1. The Kier molecular flexibility index (Phi) is 5.15. The minimum absolute atomic E-state index is 0.0546. The van der Waals surface area contributed by atoms with Crippen molar-refractivity contribution < 1.29 is 13.2 Å². The van der Waals surface area contributed by atoms with Crippen molar-refractivity contribution in [3.05, 3.63) is 59.9 Å². The van der Waals surface area contributed by atoms with Crippen LogP contribution < -0.4 is 0 Å². The van der Waals surface area contributed by atoms with E-state index in [-0.39, 0.29) is 10.8 Å². The second kappa shape index (κ2) is 7.33. The Morgan fingerprint density at radius 3 is 2.32 bits per heavy atom. The number of nitrogens with zero attached hydrogens (tertiary/aromatic N) is 3. The van der Waals surface area contributed by atoms with E-state index in [1.165, 1.54) is 17.7 Å². The summed E-state index contributed by atoms with van der Waals surface area (Å²) in [4.78, 5) is 21.0. The number of carbonyl (C=O) groups excluding carboxylic acids is 1.